The number of carbonyl (C=O) groups excluding carboxylic acids is 1. The lowest BCUT2D eigenvalue weighted by Gasteiger charge is -2.34. The summed E-state index contributed by atoms with van der Waals surface area (Å²) in [6.07, 6.45) is 1.85. The number of halogens is 1. The molecule has 6 heteroatoms. The molecule has 1 N–H and O–H groups in total. The van der Waals surface area contributed by atoms with Crippen molar-refractivity contribution in [2.24, 2.45) is 0 Å². The van der Waals surface area contributed by atoms with E-state index in [1.165, 1.54) is 11.3 Å². The largest absolute Gasteiger partial charge is 0.484 e. The summed E-state index contributed by atoms with van der Waals surface area (Å²) in [6, 6.07) is 15.8. The number of hydrogen-bond donors (Lipinski definition) is 1. The number of nitrogens with one attached hydrogen (secondary N) is 1. The summed E-state index contributed by atoms with van der Waals surface area (Å²) in [4.78, 5) is 16.7. The van der Waals surface area contributed by atoms with Crippen LogP contribution in [0.5, 0.6) is 5.75 Å². The Morgan fingerprint density at radius 1 is 1.04 bits per heavy atom. The highest BCUT2D eigenvalue weighted by molar-refractivity contribution is 6.30. The molecule has 1 aliphatic rings. The Hall–Kier alpha value is -2.24. The van der Waals surface area contributed by atoms with E-state index in [0.29, 0.717) is 17.3 Å². The van der Waals surface area contributed by atoms with E-state index in [0.717, 1.165) is 39.0 Å². The van der Waals surface area contributed by atoms with Gasteiger partial charge in [-0.25, -0.2) is 0 Å². The predicted molar refractivity (Wildman–Crippen MR) is 114 cm³/mol. The number of nitrogens with zero attached hydrogens (tertiary/aromatic N) is 2. The van der Waals surface area contributed by atoms with Crippen molar-refractivity contribution in [2.45, 2.75) is 12.8 Å². The second-order valence-electron chi connectivity index (χ2n) is 7.15. The number of aryl methyl sites for hydroxylation is 1. The summed E-state index contributed by atoms with van der Waals surface area (Å²) < 4.78 is 5.44. The van der Waals surface area contributed by atoms with Crippen molar-refractivity contribution in [3.63, 3.8) is 0 Å². The Bertz CT molecular complexity index is 741. The minimum atomic E-state index is -0.111. The maximum atomic E-state index is 11.9. The van der Waals surface area contributed by atoms with Gasteiger partial charge in [0, 0.05) is 43.4 Å². The van der Waals surface area contributed by atoms with Gasteiger partial charge in [-0.05, 0) is 61.9 Å². The molecule has 0 bridgehead atoms. The van der Waals surface area contributed by atoms with E-state index in [4.69, 9.17) is 16.3 Å². The van der Waals surface area contributed by atoms with Crippen molar-refractivity contribution in [1.29, 1.82) is 0 Å². The van der Waals surface area contributed by atoms with Gasteiger partial charge in [0.25, 0.3) is 5.91 Å². The molecule has 0 radical (unpaired) electrons. The van der Waals surface area contributed by atoms with Crippen LogP contribution in [0.25, 0.3) is 0 Å². The van der Waals surface area contributed by atoms with E-state index in [9.17, 15) is 4.79 Å². The Morgan fingerprint density at radius 2 is 1.71 bits per heavy atom. The number of anilines is 1. The van der Waals surface area contributed by atoms with Gasteiger partial charge in [0.2, 0.25) is 0 Å². The first-order valence-corrected chi connectivity index (χ1v) is 10.2. The molecule has 1 fully saturated rings. The zero-order valence-corrected chi connectivity index (χ0v) is 17.1. The monoisotopic (exact) mass is 401 g/mol. The second-order valence-corrected chi connectivity index (χ2v) is 7.59. The summed E-state index contributed by atoms with van der Waals surface area (Å²) in [6.45, 7) is 5.05. The lowest BCUT2D eigenvalue weighted by Crippen LogP contribution is -2.44. The van der Waals surface area contributed by atoms with E-state index in [1.807, 2.05) is 0 Å². The van der Waals surface area contributed by atoms with Crippen molar-refractivity contribution in [2.75, 3.05) is 51.3 Å². The normalized spacial score (nSPS) is 14.7. The number of rotatable bonds is 8. The highest BCUT2D eigenvalue weighted by Crippen LogP contribution is 2.18. The third kappa shape index (κ3) is 6.43. The minimum absolute atomic E-state index is 0.0152. The maximum absolute atomic E-state index is 11.9. The number of amides is 1. The molecule has 0 spiro atoms. The maximum Gasteiger partial charge on any atom is 0.257 e. The van der Waals surface area contributed by atoms with Gasteiger partial charge in [-0.1, -0.05) is 23.7 Å². The lowest BCUT2D eigenvalue weighted by molar-refractivity contribution is -0.123. The highest BCUT2D eigenvalue weighted by Gasteiger charge is 2.13. The number of ether oxygens (including phenoxy) is 1. The fourth-order valence-electron chi connectivity index (χ4n) is 3.19. The van der Waals surface area contributed by atoms with Crippen LogP contribution >= 0.6 is 11.6 Å². The number of likely N-dealkylation sites (N-methyl/N-ethyl adjacent to an activating group) is 1. The van der Waals surface area contributed by atoms with Crippen LogP contribution in [0.3, 0.4) is 0 Å². The van der Waals surface area contributed by atoms with Gasteiger partial charge in [-0.3, -0.25) is 4.79 Å². The average Bonchev–Trinajstić information content (AvgIpc) is 2.72. The topological polar surface area (TPSA) is 44.8 Å². The first-order chi connectivity index (χ1) is 13.6. The van der Waals surface area contributed by atoms with Crippen LogP contribution in [-0.4, -0.2) is 57.2 Å². The zero-order valence-electron chi connectivity index (χ0n) is 16.4. The minimum Gasteiger partial charge on any atom is -0.484 e. The van der Waals surface area contributed by atoms with Crippen LogP contribution in [0.4, 0.5) is 5.69 Å². The average molecular weight is 402 g/mol. The van der Waals surface area contributed by atoms with Gasteiger partial charge in [0.05, 0.1) is 0 Å². The second kappa shape index (κ2) is 10.3. The molecule has 150 valence electrons. The summed E-state index contributed by atoms with van der Waals surface area (Å²) in [5.41, 5.74) is 2.59. The standard InChI is InChI=1S/C22H28ClN3O2/c1-25-13-15-26(16-14-25)20-8-4-18(5-9-20)3-2-12-24-22(27)17-28-21-10-6-19(23)7-11-21/h4-11H,2-3,12-17H2,1H3,(H,24,27). The Labute approximate surface area is 172 Å². The molecule has 2 aromatic carbocycles. The van der Waals surface area contributed by atoms with Gasteiger partial charge in [-0.15, -0.1) is 0 Å². The highest BCUT2D eigenvalue weighted by atomic mass is 35.5. The van der Waals surface area contributed by atoms with Gasteiger partial charge in [0.15, 0.2) is 6.61 Å². The van der Waals surface area contributed by atoms with E-state index < -0.39 is 0 Å². The molecule has 0 aromatic heterocycles. The van der Waals surface area contributed by atoms with E-state index in [-0.39, 0.29) is 12.5 Å². The van der Waals surface area contributed by atoms with Crippen LogP contribution in [0.15, 0.2) is 48.5 Å². The van der Waals surface area contributed by atoms with Gasteiger partial charge in [-0.2, -0.15) is 0 Å². The predicted octanol–water partition coefficient (Wildman–Crippen LogP) is 3.22. The van der Waals surface area contributed by atoms with Gasteiger partial charge < -0.3 is 19.9 Å². The molecule has 28 heavy (non-hydrogen) atoms. The first kappa shape index (κ1) is 20.5. The molecule has 1 heterocycles. The van der Waals surface area contributed by atoms with Crippen LogP contribution in [0.2, 0.25) is 5.02 Å². The molecular weight excluding hydrogens is 374 g/mol. The third-order valence-corrected chi connectivity index (χ3v) is 5.20. The smallest absolute Gasteiger partial charge is 0.257 e. The molecule has 1 aliphatic heterocycles. The molecule has 0 aliphatic carbocycles. The summed E-state index contributed by atoms with van der Waals surface area (Å²) in [5, 5.41) is 3.55. The van der Waals surface area contributed by atoms with Crippen LogP contribution < -0.4 is 15.0 Å². The Kier molecular flexibility index (Phi) is 7.57. The summed E-state index contributed by atoms with van der Waals surface area (Å²) in [5.74, 6) is 0.528. The molecule has 1 amide bonds. The third-order valence-electron chi connectivity index (χ3n) is 4.95. The van der Waals surface area contributed by atoms with Crippen molar-refractivity contribution in [3.05, 3.63) is 59.1 Å². The summed E-state index contributed by atoms with van der Waals surface area (Å²) in [7, 11) is 2.17. The summed E-state index contributed by atoms with van der Waals surface area (Å²) >= 11 is 5.82. The fourth-order valence-corrected chi connectivity index (χ4v) is 3.32. The SMILES string of the molecule is CN1CCN(c2ccc(CCCNC(=O)COc3ccc(Cl)cc3)cc2)CC1. The van der Waals surface area contributed by atoms with Gasteiger partial charge in [0.1, 0.15) is 5.75 Å². The molecule has 0 atom stereocenters. The van der Waals surface area contributed by atoms with Crippen LogP contribution in [0.1, 0.15) is 12.0 Å². The molecule has 1 saturated heterocycles. The van der Waals surface area contributed by atoms with Crippen molar-refractivity contribution < 1.29 is 9.53 Å². The van der Waals surface area contributed by atoms with Crippen LogP contribution in [0, 0.1) is 0 Å². The van der Waals surface area contributed by atoms with Gasteiger partial charge >= 0.3 is 0 Å². The lowest BCUT2D eigenvalue weighted by atomic mass is 10.1. The van der Waals surface area contributed by atoms with E-state index in [1.54, 1.807) is 24.3 Å². The van der Waals surface area contributed by atoms with Crippen molar-refractivity contribution >= 4 is 23.2 Å². The fraction of sp³-hybridized carbons (Fsp3) is 0.409. The number of carbonyl (C=O) groups is 1. The molecule has 2 aromatic rings. The number of benzene rings is 2. The quantitative estimate of drug-likeness (QED) is 0.690. The molecular formula is C22H28ClN3O2. The van der Waals surface area contributed by atoms with Crippen molar-refractivity contribution in [1.82, 2.24) is 10.2 Å². The molecule has 5 nitrogen and oxygen atoms in total. The van der Waals surface area contributed by atoms with Crippen LogP contribution in [-0.2, 0) is 11.2 Å². The molecule has 0 saturated carbocycles. The first-order valence-electron chi connectivity index (χ1n) is 9.78. The van der Waals surface area contributed by atoms with Crippen molar-refractivity contribution in [3.8, 4) is 5.75 Å². The van der Waals surface area contributed by atoms with E-state index >= 15 is 0 Å². The number of piperazine rings is 1. The molecule has 3 rings (SSSR count). The Morgan fingerprint density at radius 3 is 2.39 bits per heavy atom. The Balaban J connectivity index is 1.32. The number of hydrogen-bond acceptors (Lipinski definition) is 4. The molecule has 0 unspecified atom stereocenters. The van der Waals surface area contributed by atoms with E-state index in [2.05, 4.69) is 46.4 Å². The zero-order chi connectivity index (χ0) is 19.8.